The van der Waals surface area contributed by atoms with E-state index in [-0.39, 0.29) is 16.8 Å². The predicted octanol–water partition coefficient (Wildman–Crippen LogP) is 4.21. The number of ether oxygens (including phenoxy) is 1. The highest BCUT2D eigenvalue weighted by molar-refractivity contribution is 6.63. The van der Waals surface area contributed by atoms with Gasteiger partial charge in [-0.3, -0.25) is 9.59 Å². The van der Waals surface area contributed by atoms with Crippen LogP contribution in [0.25, 0.3) is 0 Å². The lowest BCUT2D eigenvalue weighted by molar-refractivity contribution is -0.154. The summed E-state index contributed by atoms with van der Waals surface area (Å²) in [6, 6.07) is 0. The summed E-state index contributed by atoms with van der Waals surface area (Å²) >= 11 is 5.24. The topological polar surface area (TPSA) is 43.4 Å². The minimum Gasteiger partial charge on any atom is -0.460 e. The summed E-state index contributed by atoms with van der Waals surface area (Å²) in [6.07, 6.45) is 6.98. The van der Waals surface area contributed by atoms with E-state index >= 15 is 0 Å². The molecule has 0 unspecified atom stereocenters. The third-order valence-electron chi connectivity index (χ3n) is 2.42. The Morgan fingerprint density at radius 2 is 1.33 bits per heavy atom. The number of hydrogen-bond donors (Lipinski definition) is 0. The van der Waals surface area contributed by atoms with Gasteiger partial charge in [0.25, 0.3) is 0 Å². The van der Waals surface area contributed by atoms with Gasteiger partial charge < -0.3 is 4.74 Å². The molecule has 0 aliphatic heterocycles. The monoisotopic (exact) mass is 276 g/mol. The van der Waals surface area contributed by atoms with Crippen LogP contribution >= 0.6 is 11.6 Å². The van der Waals surface area contributed by atoms with E-state index in [1.807, 2.05) is 20.8 Å². The van der Waals surface area contributed by atoms with Crippen molar-refractivity contribution < 1.29 is 14.3 Å². The molecule has 0 aliphatic rings. The molecule has 0 radical (unpaired) electrons. The molecule has 0 spiro atoms. The van der Waals surface area contributed by atoms with Crippen molar-refractivity contribution in [2.24, 2.45) is 0 Å². The number of carbonyl (C=O) groups excluding carboxylic acids is 2. The standard InChI is InChI=1S/C14H25ClO3/c1-14(2,3)18-13(17)11-9-7-5-4-6-8-10-12(15)16/h4-11H2,1-3H3. The minimum absolute atomic E-state index is 0.116. The Hall–Kier alpha value is -0.570. The molecule has 0 bridgehead atoms. The second-order valence-corrected chi connectivity index (χ2v) is 5.98. The van der Waals surface area contributed by atoms with Gasteiger partial charge in [-0.05, 0) is 45.2 Å². The van der Waals surface area contributed by atoms with Crippen LogP contribution < -0.4 is 0 Å². The molecule has 0 aromatic rings. The predicted molar refractivity (Wildman–Crippen MR) is 73.6 cm³/mol. The van der Waals surface area contributed by atoms with Crippen molar-refractivity contribution in [2.45, 2.75) is 77.7 Å². The fraction of sp³-hybridized carbons (Fsp3) is 0.857. The summed E-state index contributed by atoms with van der Waals surface area (Å²) in [4.78, 5) is 21.9. The lowest BCUT2D eigenvalue weighted by Crippen LogP contribution is -2.23. The molecule has 106 valence electrons. The molecule has 0 aromatic heterocycles. The molecule has 3 nitrogen and oxygen atoms in total. The van der Waals surface area contributed by atoms with E-state index in [1.165, 1.54) is 0 Å². The van der Waals surface area contributed by atoms with Gasteiger partial charge in [0.2, 0.25) is 5.24 Å². The molecule has 0 heterocycles. The molecule has 0 N–H and O–H groups in total. The van der Waals surface area contributed by atoms with E-state index in [9.17, 15) is 9.59 Å². The quantitative estimate of drug-likeness (QED) is 0.360. The summed E-state index contributed by atoms with van der Waals surface area (Å²) in [5.74, 6) is -0.116. The van der Waals surface area contributed by atoms with Gasteiger partial charge in [-0.1, -0.05) is 25.7 Å². The second-order valence-electron chi connectivity index (χ2n) is 5.56. The highest BCUT2D eigenvalue weighted by Gasteiger charge is 2.15. The molecule has 4 heteroatoms. The first-order chi connectivity index (χ1) is 8.31. The summed E-state index contributed by atoms with van der Waals surface area (Å²) in [5.41, 5.74) is -0.384. The fourth-order valence-electron chi connectivity index (χ4n) is 1.63. The van der Waals surface area contributed by atoms with Gasteiger partial charge in [0.15, 0.2) is 0 Å². The Labute approximate surface area is 115 Å². The van der Waals surface area contributed by atoms with Crippen LogP contribution in [0.1, 0.15) is 72.1 Å². The van der Waals surface area contributed by atoms with Crippen molar-refractivity contribution in [3.05, 3.63) is 0 Å². The Balaban J connectivity index is 3.30. The SMILES string of the molecule is CC(C)(C)OC(=O)CCCCCCCCC(=O)Cl. The molecule has 0 aliphatic carbocycles. The summed E-state index contributed by atoms with van der Waals surface area (Å²) in [6.45, 7) is 5.63. The molecular formula is C14H25ClO3. The van der Waals surface area contributed by atoms with E-state index in [1.54, 1.807) is 0 Å². The van der Waals surface area contributed by atoms with Crippen LogP contribution in [0.3, 0.4) is 0 Å². The van der Waals surface area contributed by atoms with Gasteiger partial charge >= 0.3 is 5.97 Å². The molecule has 0 atom stereocenters. The number of rotatable bonds is 9. The smallest absolute Gasteiger partial charge is 0.306 e. The highest BCUT2D eigenvalue weighted by atomic mass is 35.5. The first kappa shape index (κ1) is 17.4. The third-order valence-corrected chi connectivity index (χ3v) is 2.61. The average Bonchev–Trinajstić information content (AvgIpc) is 2.18. The third kappa shape index (κ3) is 13.5. The Bertz CT molecular complexity index is 256. The van der Waals surface area contributed by atoms with Crippen LogP contribution in [0, 0.1) is 0 Å². The zero-order valence-corrected chi connectivity index (χ0v) is 12.5. The van der Waals surface area contributed by atoms with E-state index < -0.39 is 0 Å². The number of unbranched alkanes of at least 4 members (excludes halogenated alkanes) is 5. The minimum atomic E-state index is -0.384. The molecule has 0 saturated heterocycles. The largest absolute Gasteiger partial charge is 0.460 e. The normalized spacial score (nSPS) is 11.3. The number of halogens is 1. The lowest BCUT2D eigenvalue weighted by atomic mass is 10.1. The zero-order chi connectivity index (χ0) is 14.0. The molecule has 0 amide bonds. The van der Waals surface area contributed by atoms with E-state index in [0.29, 0.717) is 12.8 Å². The Morgan fingerprint density at radius 3 is 1.78 bits per heavy atom. The molecular weight excluding hydrogens is 252 g/mol. The van der Waals surface area contributed by atoms with Gasteiger partial charge in [-0.25, -0.2) is 0 Å². The first-order valence-corrected chi connectivity index (χ1v) is 7.09. The van der Waals surface area contributed by atoms with Crippen molar-refractivity contribution >= 4 is 22.8 Å². The highest BCUT2D eigenvalue weighted by Crippen LogP contribution is 2.12. The van der Waals surface area contributed by atoms with Crippen LogP contribution in [0.2, 0.25) is 0 Å². The van der Waals surface area contributed by atoms with Gasteiger partial charge in [0, 0.05) is 12.8 Å². The van der Waals surface area contributed by atoms with Crippen LogP contribution in [0.15, 0.2) is 0 Å². The number of hydrogen-bond acceptors (Lipinski definition) is 3. The molecule has 0 rings (SSSR count). The van der Waals surface area contributed by atoms with Crippen molar-refractivity contribution in [1.29, 1.82) is 0 Å². The maximum Gasteiger partial charge on any atom is 0.306 e. The Morgan fingerprint density at radius 1 is 0.889 bits per heavy atom. The van der Waals surface area contributed by atoms with Crippen LogP contribution in [-0.4, -0.2) is 16.8 Å². The molecule has 0 saturated carbocycles. The number of esters is 1. The maximum absolute atomic E-state index is 11.4. The van der Waals surface area contributed by atoms with Crippen molar-refractivity contribution in [2.75, 3.05) is 0 Å². The van der Waals surface area contributed by atoms with Gasteiger partial charge in [-0.15, -0.1) is 0 Å². The fourth-order valence-corrected chi connectivity index (χ4v) is 1.77. The number of carbonyl (C=O) groups is 2. The van der Waals surface area contributed by atoms with Crippen LogP contribution in [0.5, 0.6) is 0 Å². The summed E-state index contributed by atoms with van der Waals surface area (Å²) in [5, 5.41) is -0.250. The lowest BCUT2D eigenvalue weighted by Gasteiger charge is -2.19. The molecule has 0 aromatic carbocycles. The van der Waals surface area contributed by atoms with Crippen LogP contribution in [0.4, 0.5) is 0 Å². The van der Waals surface area contributed by atoms with Gasteiger partial charge in [0.1, 0.15) is 5.60 Å². The summed E-state index contributed by atoms with van der Waals surface area (Å²) in [7, 11) is 0. The van der Waals surface area contributed by atoms with Crippen molar-refractivity contribution in [1.82, 2.24) is 0 Å². The zero-order valence-electron chi connectivity index (χ0n) is 11.8. The van der Waals surface area contributed by atoms with Crippen LogP contribution in [-0.2, 0) is 14.3 Å². The Kier molecular flexibility index (Phi) is 9.08. The summed E-state index contributed by atoms with van der Waals surface area (Å²) < 4.78 is 5.22. The first-order valence-electron chi connectivity index (χ1n) is 6.71. The second kappa shape index (κ2) is 9.37. The molecule has 0 fully saturated rings. The van der Waals surface area contributed by atoms with Gasteiger partial charge in [0.05, 0.1) is 0 Å². The van der Waals surface area contributed by atoms with Crippen molar-refractivity contribution in [3.63, 3.8) is 0 Å². The molecule has 18 heavy (non-hydrogen) atoms. The van der Waals surface area contributed by atoms with Gasteiger partial charge in [-0.2, -0.15) is 0 Å². The average molecular weight is 277 g/mol. The van der Waals surface area contributed by atoms with E-state index in [2.05, 4.69) is 0 Å². The van der Waals surface area contributed by atoms with E-state index in [0.717, 1.165) is 38.5 Å². The maximum atomic E-state index is 11.4. The van der Waals surface area contributed by atoms with E-state index in [4.69, 9.17) is 16.3 Å². The van der Waals surface area contributed by atoms with Crippen molar-refractivity contribution in [3.8, 4) is 0 Å².